The summed E-state index contributed by atoms with van der Waals surface area (Å²) in [6.07, 6.45) is 1.08. The lowest BCUT2D eigenvalue weighted by Gasteiger charge is -2.08. The van der Waals surface area contributed by atoms with Crippen LogP contribution in [0, 0.1) is 0 Å². The van der Waals surface area contributed by atoms with E-state index in [-0.39, 0.29) is 0 Å². The Morgan fingerprint density at radius 3 is 1.71 bits per heavy atom. The molecule has 0 aliphatic carbocycles. The van der Waals surface area contributed by atoms with Gasteiger partial charge in [-0.3, -0.25) is 0 Å². The molecule has 17 heavy (non-hydrogen) atoms. The SMILES string of the molecule is CCc1ccc(Nc2ccc(NC)cc2)cc1. The van der Waals surface area contributed by atoms with Crippen molar-refractivity contribution in [3.63, 3.8) is 0 Å². The number of rotatable bonds is 4. The smallest absolute Gasteiger partial charge is 0.0385 e. The highest BCUT2D eigenvalue weighted by Gasteiger charge is 1.95. The number of nitrogens with one attached hydrogen (secondary N) is 2. The zero-order chi connectivity index (χ0) is 12.1. The molecular weight excluding hydrogens is 208 g/mol. The Balaban J connectivity index is 2.08. The Morgan fingerprint density at radius 1 is 0.765 bits per heavy atom. The third-order valence-corrected chi connectivity index (χ3v) is 2.82. The Bertz CT molecular complexity index is 412. The molecule has 0 aliphatic rings. The summed E-state index contributed by atoms with van der Waals surface area (Å²) in [4.78, 5) is 0. The molecule has 0 aliphatic heterocycles. The maximum atomic E-state index is 3.38. The van der Waals surface area contributed by atoms with E-state index in [0.717, 1.165) is 23.5 Å². The molecule has 88 valence electrons. The van der Waals surface area contributed by atoms with Crippen LogP contribution in [0.2, 0.25) is 0 Å². The molecule has 0 amide bonds. The van der Waals surface area contributed by atoms with Crippen molar-refractivity contribution in [2.24, 2.45) is 0 Å². The molecule has 2 nitrogen and oxygen atoms in total. The second-order valence-electron chi connectivity index (χ2n) is 4.00. The van der Waals surface area contributed by atoms with E-state index in [4.69, 9.17) is 0 Å². The van der Waals surface area contributed by atoms with E-state index in [9.17, 15) is 0 Å². The van der Waals surface area contributed by atoms with Crippen LogP contribution in [0.25, 0.3) is 0 Å². The molecule has 2 heteroatoms. The highest BCUT2D eigenvalue weighted by molar-refractivity contribution is 5.62. The quantitative estimate of drug-likeness (QED) is 0.822. The van der Waals surface area contributed by atoms with Gasteiger partial charge in [0.2, 0.25) is 0 Å². The van der Waals surface area contributed by atoms with Crippen LogP contribution in [-0.4, -0.2) is 7.05 Å². The van der Waals surface area contributed by atoms with Crippen LogP contribution in [0.15, 0.2) is 48.5 Å². The lowest BCUT2D eigenvalue weighted by Crippen LogP contribution is -1.92. The zero-order valence-electron chi connectivity index (χ0n) is 10.3. The Morgan fingerprint density at radius 2 is 1.24 bits per heavy atom. The normalized spacial score (nSPS) is 10.0. The Labute approximate surface area is 103 Å². The largest absolute Gasteiger partial charge is 0.388 e. The molecule has 0 fully saturated rings. The molecule has 2 aromatic rings. The summed E-state index contributed by atoms with van der Waals surface area (Å²) in [5, 5.41) is 6.48. The van der Waals surface area contributed by atoms with Gasteiger partial charge in [0, 0.05) is 24.1 Å². The van der Waals surface area contributed by atoms with Crippen LogP contribution in [0.1, 0.15) is 12.5 Å². The molecule has 0 atom stereocenters. The van der Waals surface area contributed by atoms with Crippen LogP contribution < -0.4 is 10.6 Å². The minimum absolute atomic E-state index is 1.08. The first-order chi connectivity index (χ1) is 8.31. The van der Waals surface area contributed by atoms with Crippen LogP contribution in [-0.2, 0) is 6.42 Å². The summed E-state index contributed by atoms with van der Waals surface area (Å²) in [5.74, 6) is 0. The van der Waals surface area contributed by atoms with Gasteiger partial charge in [-0.2, -0.15) is 0 Å². The number of hydrogen-bond donors (Lipinski definition) is 2. The zero-order valence-corrected chi connectivity index (χ0v) is 10.3. The van der Waals surface area contributed by atoms with Gasteiger partial charge in [0.05, 0.1) is 0 Å². The molecule has 0 bridgehead atoms. The fourth-order valence-electron chi connectivity index (χ4n) is 1.71. The van der Waals surface area contributed by atoms with Crippen LogP contribution in [0.5, 0.6) is 0 Å². The van der Waals surface area contributed by atoms with E-state index in [1.54, 1.807) is 0 Å². The maximum absolute atomic E-state index is 3.38. The minimum Gasteiger partial charge on any atom is -0.388 e. The summed E-state index contributed by atoms with van der Waals surface area (Å²) in [5.41, 5.74) is 4.71. The molecule has 0 radical (unpaired) electrons. The first kappa shape index (κ1) is 11.5. The second-order valence-corrected chi connectivity index (χ2v) is 4.00. The third kappa shape index (κ3) is 3.00. The fraction of sp³-hybridized carbons (Fsp3) is 0.200. The average Bonchev–Trinajstić information content (AvgIpc) is 2.40. The monoisotopic (exact) mass is 226 g/mol. The summed E-state index contributed by atoms with van der Waals surface area (Å²) in [6.45, 7) is 2.17. The molecule has 0 heterocycles. The molecule has 2 N–H and O–H groups in total. The topological polar surface area (TPSA) is 24.1 Å². The third-order valence-electron chi connectivity index (χ3n) is 2.82. The van der Waals surface area contributed by atoms with Gasteiger partial charge in [0.1, 0.15) is 0 Å². The van der Waals surface area contributed by atoms with E-state index >= 15 is 0 Å². The molecule has 0 unspecified atom stereocenters. The maximum Gasteiger partial charge on any atom is 0.0385 e. The number of aryl methyl sites for hydroxylation is 1. The van der Waals surface area contributed by atoms with Gasteiger partial charge in [0.25, 0.3) is 0 Å². The van der Waals surface area contributed by atoms with Crippen molar-refractivity contribution in [1.29, 1.82) is 0 Å². The minimum atomic E-state index is 1.08. The summed E-state index contributed by atoms with van der Waals surface area (Å²) < 4.78 is 0. The Hall–Kier alpha value is -1.96. The van der Waals surface area contributed by atoms with Gasteiger partial charge in [-0.15, -0.1) is 0 Å². The van der Waals surface area contributed by atoms with Crippen LogP contribution >= 0.6 is 0 Å². The predicted molar refractivity (Wildman–Crippen MR) is 75.1 cm³/mol. The number of hydrogen-bond acceptors (Lipinski definition) is 2. The highest BCUT2D eigenvalue weighted by Crippen LogP contribution is 2.19. The molecule has 0 saturated heterocycles. The summed E-state index contributed by atoms with van der Waals surface area (Å²) in [7, 11) is 1.92. The lowest BCUT2D eigenvalue weighted by atomic mass is 10.1. The van der Waals surface area contributed by atoms with E-state index in [1.165, 1.54) is 5.56 Å². The highest BCUT2D eigenvalue weighted by atomic mass is 14.9. The van der Waals surface area contributed by atoms with Gasteiger partial charge in [-0.25, -0.2) is 0 Å². The van der Waals surface area contributed by atoms with Crippen molar-refractivity contribution in [2.45, 2.75) is 13.3 Å². The van der Waals surface area contributed by atoms with E-state index in [1.807, 2.05) is 7.05 Å². The van der Waals surface area contributed by atoms with Gasteiger partial charge in [-0.05, 0) is 48.4 Å². The molecule has 0 saturated carbocycles. The number of benzene rings is 2. The summed E-state index contributed by atoms with van der Waals surface area (Å²) in [6, 6.07) is 16.8. The van der Waals surface area contributed by atoms with Crippen molar-refractivity contribution in [3.05, 3.63) is 54.1 Å². The summed E-state index contributed by atoms with van der Waals surface area (Å²) >= 11 is 0. The standard InChI is InChI=1S/C15H18N2/c1-3-12-4-6-14(7-5-12)17-15-10-8-13(16-2)9-11-15/h4-11,16-17H,3H2,1-2H3. The van der Waals surface area contributed by atoms with Gasteiger partial charge >= 0.3 is 0 Å². The average molecular weight is 226 g/mol. The van der Waals surface area contributed by atoms with Crippen LogP contribution in [0.4, 0.5) is 17.1 Å². The molecular formula is C15H18N2. The van der Waals surface area contributed by atoms with E-state index in [2.05, 4.69) is 66.1 Å². The molecule has 0 aromatic heterocycles. The van der Waals surface area contributed by atoms with Gasteiger partial charge < -0.3 is 10.6 Å². The first-order valence-corrected chi connectivity index (χ1v) is 5.95. The van der Waals surface area contributed by atoms with Crippen molar-refractivity contribution in [1.82, 2.24) is 0 Å². The second kappa shape index (κ2) is 5.39. The van der Waals surface area contributed by atoms with Crippen molar-refractivity contribution in [2.75, 3.05) is 17.7 Å². The van der Waals surface area contributed by atoms with Gasteiger partial charge in [-0.1, -0.05) is 19.1 Å². The van der Waals surface area contributed by atoms with Crippen molar-refractivity contribution < 1.29 is 0 Å². The van der Waals surface area contributed by atoms with Crippen LogP contribution in [0.3, 0.4) is 0 Å². The Kier molecular flexibility index (Phi) is 3.66. The predicted octanol–water partition coefficient (Wildman–Crippen LogP) is 4.03. The van der Waals surface area contributed by atoms with E-state index < -0.39 is 0 Å². The fourth-order valence-corrected chi connectivity index (χ4v) is 1.71. The van der Waals surface area contributed by atoms with Crippen molar-refractivity contribution >= 4 is 17.1 Å². The van der Waals surface area contributed by atoms with E-state index in [0.29, 0.717) is 0 Å². The molecule has 2 rings (SSSR count). The molecule has 2 aromatic carbocycles. The van der Waals surface area contributed by atoms with Gasteiger partial charge in [0.15, 0.2) is 0 Å². The molecule has 0 spiro atoms. The van der Waals surface area contributed by atoms with Crippen molar-refractivity contribution in [3.8, 4) is 0 Å². The number of anilines is 3. The lowest BCUT2D eigenvalue weighted by molar-refractivity contribution is 1.14. The first-order valence-electron chi connectivity index (χ1n) is 5.95.